The minimum atomic E-state index is 0.0107. The Balaban J connectivity index is 1.40. The molecule has 1 aliphatic rings. The fourth-order valence-electron chi connectivity index (χ4n) is 2.57. The van der Waals surface area contributed by atoms with E-state index in [1.165, 1.54) is 5.56 Å². The molecule has 0 saturated heterocycles. The van der Waals surface area contributed by atoms with Crippen molar-refractivity contribution in [2.24, 2.45) is 0 Å². The Morgan fingerprint density at radius 3 is 2.88 bits per heavy atom. The van der Waals surface area contributed by atoms with E-state index in [1.807, 2.05) is 41.3 Å². The Morgan fingerprint density at radius 2 is 2.16 bits per heavy atom. The molecule has 0 unspecified atom stereocenters. The summed E-state index contributed by atoms with van der Waals surface area (Å²) in [6, 6.07) is 14.1. The highest BCUT2D eigenvalue weighted by atomic mass is 35.5. The highest BCUT2D eigenvalue weighted by molar-refractivity contribution is 7.98. The largest absolute Gasteiger partial charge is 0.337 e. The van der Waals surface area contributed by atoms with Gasteiger partial charge in [0.1, 0.15) is 0 Å². The number of nitrogens with zero attached hydrogens (tertiary/aromatic N) is 2. The first kappa shape index (κ1) is 18.1. The monoisotopic (exact) mass is 375 g/mol. The Labute approximate surface area is 158 Å². The fourth-order valence-corrected chi connectivity index (χ4v) is 3.59. The third kappa shape index (κ3) is 5.94. The van der Waals surface area contributed by atoms with Crippen LogP contribution in [0.25, 0.3) is 0 Å². The summed E-state index contributed by atoms with van der Waals surface area (Å²) in [5, 5.41) is 3.80. The lowest BCUT2D eigenvalue weighted by Crippen LogP contribution is -2.41. The third-order valence-corrected chi connectivity index (χ3v) is 5.25. The van der Waals surface area contributed by atoms with Gasteiger partial charge in [-0.25, -0.2) is 4.79 Å². The van der Waals surface area contributed by atoms with Crippen LogP contribution in [0, 0.1) is 0 Å². The predicted molar refractivity (Wildman–Crippen MR) is 104 cm³/mol. The molecule has 0 bridgehead atoms. The molecule has 0 spiro atoms. The van der Waals surface area contributed by atoms with Crippen LogP contribution in [0.3, 0.4) is 0 Å². The van der Waals surface area contributed by atoms with Gasteiger partial charge in [-0.1, -0.05) is 29.8 Å². The van der Waals surface area contributed by atoms with E-state index in [9.17, 15) is 4.79 Å². The maximum Gasteiger partial charge on any atom is 0.318 e. The first-order valence-electron chi connectivity index (χ1n) is 8.49. The van der Waals surface area contributed by atoms with E-state index in [1.54, 1.807) is 18.0 Å². The van der Waals surface area contributed by atoms with E-state index in [0.717, 1.165) is 35.1 Å². The van der Waals surface area contributed by atoms with E-state index >= 15 is 0 Å². The third-order valence-electron chi connectivity index (χ3n) is 3.99. The molecular formula is C19H22ClN3OS. The lowest BCUT2D eigenvalue weighted by atomic mass is 10.2. The summed E-state index contributed by atoms with van der Waals surface area (Å²) in [5.41, 5.74) is 2.14. The van der Waals surface area contributed by atoms with E-state index < -0.39 is 0 Å². The SMILES string of the molecule is O=C(NCCSCc1cccc(Cl)c1)N(Cc1ccccn1)C1CC1. The molecule has 132 valence electrons. The minimum absolute atomic E-state index is 0.0107. The second kappa shape index (κ2) is 9.11. The summed E-state index contributed by atoms with van der Waals surface area (Å²) < 4.78 is 0. The summed E-state index contributed by atoms with van der Waals surface area (Å²) >= 11 is 7.78. The summed E-state index contributed by atoms with van der Waals surface area (Å²) in [7, 11) is 0. The molecule has 6 heteroatoms. The molecular weight excluding hydrogens is 354 g/mol. The van der Waals surface area contributed by atoms with Crippen LogP contribution in [0.1, 0.15) is 24.1 Å². The van der Waals surface area contributed by atoms with Crippen LogP contribution in [0.15, 0.2) is 48.7 Å². The van der Waals surface area contributed by atoms with Crippen LogP contribution in [-0.4, -0.2) is 34.3 Å². The minimum Gasteiger partial charge on any atom is -0.337 e. The second-order valence-corrected chi connectivity index (χ2v) is 7.64. The lowest BCUT2D eigenvalue weighted by molar-refractivity contribution is 0.192. The van der Waals surface area contributed by atoms with Crippen LogP contribution in [0.2, 0.25) is 5.02 Å². The van der Waals surface area contributed by atoms with Crippen LogP contribution in [-0.2, 0) is 12.3 Å². The van der Waals surface area contributed by atoms with Gasteiger partial charge in [-0.3, -0.25) is 4.98 Å². The van der Waals surface area contributed by atoms with Crippen LogP contribution in [0.4, 0.5) is 4.79 Å². The summed E-state index contributed by atoms with van der Waals surface area (Å²) in [5.74, 6) is 1.77. The number of urea groups is 1. The number of thioether (sulfide) groups is 1. The zero-order valence-corrected chi connectivity index (χ0v) is 15.6. The van der Waals surface area contributed by atoms with Crippen molar-refractivity contribution in [2.75, 3.05) is 12.3 Å². The van der Waals surface area contributed by atoms with Gasteiger partial charge in [0.25, 0.3) is 0 Å². The molecule has 0 aliphatic heterocycles. The molecule has 0 radical (unpaired) electrons. The average molecular weight is 376 g/mol. The molecule has 3 rings (SSSR count). The van der Waals surface area contributed by atoms with Crippen molar-refractivity contribution in [1.82, 2.24) is 15.2 Å². The first-order chi connectivity index (χ1) is 12.2. The standard InChI is InChI=1S/C19H22ClN3OS/c20-16-5-3-4-15(12-16)14-25-11-10-22-19(24)23(18-7-8-18)13-17-6-1-2-9-21-17/h1-6,9,12,18H,7-8,10-11,13-14H2,(H,22,24). The maximum atomic E-state index is 12.5. The molecule has 25 heavy (non-hydrogen) atoms. The molecule has 1 fully saturated rings. The van der Waals surface area contributed by atoms with Crippen molar-refractivity contribution in [3.8, 4) is 0 Å². The number of carbonyl (C=O) groups excluding carboxylic acids is 1. The van der Waals surface area contributed by atoms with Gasteiger partial charge in [0, 0.05) is 35.3 Å². The Morgan fingerprint density at radius 1 is 1.28 bits per heavy atom. The van der Waals surface area contributed by atoms with Gasteiger partial charge in [0.15, 0.2) is 0 Å². The molecule has 2 amide bonds. The van der Waals surface area contributed by atoms with Gasteiger partial charge in [0.2, 0.25) is 0 Å². The van der Waals surface area contributed by atoms with E-state index in [-0.39, 0.29) is 6.03 Å². The highest BCUT2D eigenvalue weighted by Crippen LogP contribution is 2.28. The molecule has 4 nitrogen and oxygen atoms in total. The topological polar surface area (TPSA) is 45.2 Å². The summed E-state index contributed by atoms with van der Waals surface area (Å²) in [6.07, 6.45) is 3.94. The van der Waals surface area contributed by atoms with Crippen LogP contribution in [0.5, 0.6) is 0 Å². The van der Waals surface area contributed by atoms with Crippen molar-refractivity contribution in [3.63, 3.8) is 0 Å². The molecule has 1 aromatic heterocycles. The van der Waals surface area contributed by atoms with Gasteiger partial charge in [0.05, 0.1) is 12.2 Å². The van der Waals surface area contributed by atoms with Crippen LogP contribution < -0.4 is 5.32 Å². The van der Waals surface area contributed by atoms with Crippen LogP contribution >= 0.6 is 23.4 Å². The van der Waals surface area contributed by atoms with Crippen molar-refractivity contribution in [1.29, 1.82) is 0 Å². The second-order valence-electron chi connectivity index (χ2n) is 6.09. The zero-order valence-electron chi connectivity index (χ0n) is 14.0. The number of amides is 2. The van der Waals surface area contributed by atoms with Gasteiger partial charge in [-0.15, -0.1) is 0 Å². The number of halogens is 1. The normalized spacial score (nSPS) is 13.5. The average Bonchev–Trinajstić information content (AvgIpc) is 3.45. The first-order valence-corrected chi connectivity index (χ1v) is 10.0. The van der Waals surface area contributed by atoms with Crippen molar-refractivity contribution in [3.05, 3.63) is 64.9 Å². The zero-order chi connectivity index (χ0) is 17.5. The highest BCUT2D eigenvalue weighted by Gasteiger charge is 2.32. The van der Waals surface area contributed by atoms with Gasteiger partial charge in [-0.2, -0.15) is 11.8 Å². The number of nitrogens with one attached hydrogen (secondary N) is 1. The van der Waals surface area contributed by atoms with E-state index in [0.29, 0.717) is 19.1 Å². The van der Waals surface area contributed by atoms with Crippen molar-refractivity contribution >= 4 is 29.4 Å². The number of hydrogen-bond acceptors (Lipinski definition) is 3. The summed E-state index contributed by atoms with van der Waals surface area (Å²) in [4.78, 5) is 18.7. The smallest absolute Gasteiger partial charge is 0.318 e. The maximum absolute atomic E-state index is 12.5. The van der Waals surface area contributed by atoms with Crippen molar-refractivity contribution in [2.45, 2.75) is 31.2 Å². The Kier molecular flexibility index (Phi) is 6.59. The Bertz CT molecular complexity index is 694. The molecule has 1 heterocycles. The van der Waals surface area contributed by atoms with Gasteiger partial charge >= 0.3 is 6.03 Å². The van der Waals surface area contributed by atoms with Gasteiger partial charge < -0.3 is 10.2 Å². The molecule has 1 aromatic carbocycles. The summed E-state index contributed by atoms with van der Waals surface area (Å²) in [6.45, 7) is 1.24. The number of benzene rings is 1. The molecule has 1 aliphatic carbocycles. The number of pyridine rings is 1. The predicted octanol–water partition coefficient (Wildman–Crippen LogP) is 4.34. The van der Waals surface area contributed by atoms with Crippen molar-refractivity contribution < 1.29 is 4.79 Å². The quantitative estimate of drug-likeness (QED) is 0.698. The molecule has 1 saturated carbocycles. The number of rotatable bonds is 8. The fraction of sp³-hybridized carbons (Fsp3) is 0.368. The number of aromatic nitrogens is 1. The lowest BCUT2D eigenvalue weighted by Gasteiger charge is -2.22. The molecule has 0 atom stereocenters. The van der Waals surface area contributed by atoms with E-state index in [4.69, 9.17) is 11.6 Å². The number of hydrogen-bond donors (Lipinski definition) is 1. The molecule has 1 N–H and O–H groups in total. The number of carbonyl (C=O) groups is 1. The van der Waals surface area contributed by atoms with E-state index in [2.05, 4.69) is 16.4 Å². The van der Waals surface area contributed by atoms with Gasteiger partial charge in [-0.05, 0) is 42.7 Å². The molecule has 2 aromatic rings. The Hall–Kier alpha value is -1.72.